The molecule has 0 aliphatic carbocycles. The van der Waals surface area contributed by atoms with Crippen molar-refractivity contribution in [1.82, 2.24) is 0 Å². The Hall–Kier alpha value is -0.120. The summed E-state index contributed by atoms with van der Waals surface area (Å²) in [5, 5.41) is 10.7. The second-order valence-corrected chi connectivity index (χ2v) is 3.92. The molecule has 0 bridgehead atoms. The monoisotopic (exact) mass is 163 g/mol. The molecule has 0 aliphatic rings. The van der Waals surface area contributed by atoms with Gasteiger partial charge in [0.05, 0.1) is 13.1 Å². The predicted octanol–water partition coefficient (Wildman–Crippen LogP) is -0.198. The van der Waals surface area contributed by atoms with Crippen LogP contribution in [0.2, 0.25) is 0 Å². The van der Waals surface area contributed by atoms with Gasteiger partial charge in [0, 0.05) is 18.4 Å². The van der Waals surface area contributed by atoms with Crippen molar-refractivity contribution < 1.29 is 15.9 Å². The molecule has 0 amide bonds. The van der Waals surface area contributed by atoms with Gasteiger partial charge in [0.25, 0.3) is 0 Å². The highest BCUT2D eigenvalue weighted by molar-refractivity contribution is 4.56. The predicted molar refractivity (Wildman–Crippen MR) is 44.8 cm³/mol. The van der Waals surface area contributed by atoms with Gasteiger partial charge in [-0.3, -0.25) is 0 Å². The van der Waals surface area contributed by atoms with E-state index in [-0.39, 0.29) is 5.48 Å². The van der Waals surface area contributed by atoms with Crippen molar-refractivity contribution in [2.45, 2.75) is 27.2 Å². The molecule has 0 fully saturated rings. The van der Waals surface area contributed by atoms with Gasteiger partial charge in [0.1, 0.15) is 0 Å². The molecule has 70 valence electrons. The van der Waals surface area contributed by atoms with Crippen LogP contribution in [0.25, 0.3) is 0 Å². The lowest BCUT2D eigenvalue weighted by Gasteiger charge is -2.15. The molecule has 0 aliphatic heterocycles. The first-order valence-electron chi connectivity index (χ1n) is 3.99. The van der Waals surface area contributed by atoms with Gasteiger partial charge in [-0.1, -0.05) is 20.8 Å². The molecule has 0 aromatic rings. The lowest BCUT2D eigenvalue weighted by Crippen LogP contribution is -2.86. The SMILES string of the molecule is CC(C)(C)C[NH2+]CCCO.[OH-]. The Balaban J connectivity index is 0. The van der Waals surface area contributed by atoms with Crippen molar-refractivity contribution >= 4 is 0 Å². The molecule has 0 unspecified atom stereocenters. The largest absolute Gasteiger partial charge is 0.870 e. The number of hydrogen-bond donors (Lipinski definition) is 2. The molecular formula is C8H21NO2. The van der Waals surface area contributed by atoms with Gasteiger partial charge in [-0.25, -0.2) is 0 Å². The highest BCUT2D eigenvalue weighted by atomic mass is 16.3. The van der Waals surface area contributed by atoms with E-state index in [0.29, 0.717) is 12.0 Å². The van der Waals surface area contributed by atoms with E-state index in [9.17, 15) is 0 Å². The van der Waals surface area contributed by atoms with Gasteiger partial charge in [0.15, 0.2) is 0 Å². The topological polar surface area (TPSA) is 66.8 Å². The van der Waals surface area contributed by atoms with E-state index < -0.39 is 0 Å². The number of aliphatic hydroxyl groups excluding tert-OH is 1. The highest BCUT2D eigenvalue weighted by Crippen LogP contribution is 2.07. The molecule has 3 nitrogen and oxygen atoms in total. The standard InChI is InChI=1S/C8H19NO.H2O/c1-8(2,3)7-9-5-4-6-10;/h9-10H,4-7H2,1-3H3;1H2. The number of rotatable bonds is 4. The Labute approximate surface area is 69.1 Å². The summed E-state index contributed by atoms with van der Waals surface area (Å²) >= 11 is 0. The van der Waals surface area contributed by atoms with Crippen molar-refractivity contribution in [1.29, 1.82) is 0 Å². The summed E-state index contributed by atoms with van der Waals surface area (Å²) in [4.78, 5) is 0. The molecule has 11 heavy (non-hydrogen) atoms. The zero-order chi connectivity index (χ0) is 8.04. The zero-order valence-corrected chi connectivity index (χ0v) is 7.80. The Bertz CT molecular complexity index is 78.7. The molecule has 0 atom stereocenters. The van der Waals surface area contributed by atoms with Crippen LogP contribution in [-0.4, -0.2) is 30.3 Å². The minimum atomic E-state index is 0. The summed E-state index contributed by atoms with van der Waals surface area (Å²) in [6.45, 7) is 9.19. The number of aliphatic hydroxyl groups is 1. The van der Waals surface area contributed by atoms with Crippen molar-refractivity contribution in [3.63, 3.8) is 0 Å². The van der Waals surface area contributed by atoms with Crippen LogP contribution in [0.1, 0.15) is 27.2 Å². The summed E-state index contributed by atoms with van der Waals surface area (Å²) in [5.74, 6) is 0. The first-order chi connectivity index (χ1) is 4.56. The second-order valence-electron chi connectivity index (χ2n) is 3.92. The van der Waals surface area contributed by atoms with Crippen molar-refractivity contribution in [3.8, 4) is 0 Å². The Morgan fingerprint density at radius 3 is 2.18 bits per heavy atom. The van der Waals surface area contributed by atoms with Crippen LogP contribution in [0.15, 0.2) is 0 Å². The fourth-order valence-electron chi connectivity index (χ4n) is 0.771. The van der Waals surface area contributed by atoms with Crippen molar-refractivity contribution in [3.05, 3.63) is 0 Å². The maximum Gasteiger partial charge on any atom is 0.0804 e. The lowest BCUT2D eigenvalue weighted by atomic mass is 9.97. The van der Waals surface area contributed by atoms with Gasteiger partial charge in [-0.05, 0) is 0 Å². The molecule has 0 radical (unpaired) electrons. The fourth-order valence-corrected chi connectivity index (χ4v) is 0.771. The molecular weight excluding hydrogens is 142 g/mol. The molecule has 0 heterocycles. The quantitative estimate of drug-likeness (QED) is 0.564. The van der Waals surface area contributed by atoms with E-state index in [2.05, 4.69) is 26.1 Å². The normalized spacial score (nSPS) is 10.9. The zero-order valence-electron chi connectivity index (χ0n) is 7.80. The van der Waals surface area contributed by atoms with Crippen LogP contribution < -0.4 is 5.32 Å². The first-order valence-corrected chi connectivity index (χ1v) is 3.99. The summed E-state index contributed by atoms with van der Waals surface area (Å²) in [7, 11) is 0. The van der Waals surface area contributed by atoms with E-state index in [1.54, 1.807) is 0 Å². The van der Waals surface area contributed by atoms with Crippen LogP contribution in [0.3, 0.4) is 0 Å². The van der Waals surface area contributed by atoms with E-state index in [1.165, 1.54) is 0 Å². The summed E-state index contributed by atoms with van der Waals surface area (Å²) in [6.07, 6.45) is 0.913. The highest BCUT2D eigenvalue weighted by Gasteiger charge is 2.10. The third-order valence-electron chi connectivity index (χ3n) is 1.32. The first kappa shape index (κ1) is 13.5. The molecule has 0 saturated heterocycles. The molecule has 0 spiro atoms. The molecule has 0 aromatic carbocycles. The molecule has 0 rings (SSSR count). The van der Waals surface area contributed by atoms with Crippen LogP contribution in [0.5, 0.6) is 0 Å². The Kier molecular flexibility index (Phi) is 8.06. The third-order valence-corrected chi connectivity index (χ3v) is 1.32. The lowest BCUT2D eigenvalue weighted by molar-refractivity contribution is -0.665. The summed E-state index contributed by atoms with van der Waals surface area (Å²) in [5.41, 5.74) is 0.412. The number of nitrogens with two attached hydrogens (primary N) is 1. The van der Waals surface area contributed by atoms with Crippen LogP contribution in [0.4, 0.5) is 0 Å². The number of hydrogen-bond acceptors (Lipinski definition) is 2. The van der Waals surface area contributed by atoms with E-state index in [0.717, 1.165) is 19.5 Å². The molecule has 4 N–H and O–H groups in total. The van der Waals surface area contributed by atoms with Gasteiger partial charge >= 0.3 is 0 Å². The van der Waals surface area contributed by atoms with Crippen molar-refractivity contribution in [2.75, 3.05) is 19.7 Å². The Morgan fingerprint density at radius 2 is 1.82 bits per heavy atom. The van der Waals surface area contributed by atoms with Crippen LogP contribution in [-0.2, 0) is 0 Å². The summed E-state index contributed by atoms with van der Waals surface area (Å²) in [6, 6.07) is 0. The molecule has 0 aromatic heterocycles. The van der Waals surface area contributed by atoms with Gasteiger partial charge in [0.2, 0.25) is 0 Å². The maximum absolute atomic E-state index is 8.48. The van der Waals surface area contributed by atoms with Gasteiger partial charge in [-0.15, -0.1) is 0 Å². The van der Waals surface area contributed by atoms with Gasteiger partial charge in [-0.2, -0.15) is 0 Å². The van der Waals surface area contributed by atoms with E-state index in [4.69, 9.17) is 5.11 Å². The summed E-state index contributed by atoms with van der Waals surface area (Å²) < 4.78 is 0. The van der Waals surface area contributed by atoms with E-state index in [1.807, 2.05) is 0 Å². The number of quaternary nitrogens is 1. The maximum atomic E-state index is 8.48. The Morgan fingerprint density at radius 1 is 1.27 bits per heavy atom. The minimum Gasteiger partial charge on any atom is -0.870 e. The minimum absolute atomic E-state index is 0. The van der Waals surface area contributed by atoms with Crippen molar-refractivity contribution in [2.24, 2.45) is 5.41 Å². The van der Waals surface area contributed by atoms with Gasteiger partial charge < -0.3 is 15.9 Å². The third kappa shape index (κ3) is 13.0. The van der Waals surface area contributed by atoms with Crippen LogP contribution >= 0.6 is 0 Å². The fraction of sp³-hybridized carbons (Fsp3) is 1.00. The second kappa shape index (κ2) is 6.58. The smallest absolute Gasteiger partial charge is 0.0804 e. The average molecular weight is 163 g/mol. The molecule has 3 heteroatoms. The average Bonchev–Trinajstić information content (AvgIpc) is 1.78. The van der Waals surface area contributed by atoms with Crippen LogP contribution in [0, 0.1) is 5.41 Å². The molecule has 0 saturated carbocycles. The van der Waals surface area contributed by atoms with E-state index >= 15 is 0 Å².